The van der Waals surface area contributed by atoms with E-state index in [-0.39, 0.29) is 5.56 Å². The predicted octanol–water partition coefficient (Wildman–Crippen LogP) is 1.90. The monoisotopic (exact) mass is 192 g/mol. The molecule has 0 saturated carbocycles. The van der Waals surface area contributed by atoms with E-state index >= 15 is 0 Å². The molecular formula is C8H7F3O2. The molecule has 0 heterocycles. The van der Waals surface area contributed by atoms with Gasteiger partial charge in [0.2, 0.25) is 0 Å². The molecule has 2 nitrogen and oxygen atoms in total. The van der Waals surface area contributed by atoms with Gasteiger partial charge < -0.3 is 10.2 Å². The van der Waals surface area contributed by atoms with Crippen LogP contribution in [0.3, 0.4) is 0 Å². The van der Waals surface area contributed by atoms with Gasteiger partial charge in [-0.3, -0.25) is 0 Å². The van der Waals surface area contributed by atoms with Gasteiger partial charge in [0, 0.05) is 5.56 Å². The third kappa shape index (κ3) is 2.12. The highest BCUT2D eigenvalue weighted by molar-refractivity contribution is 5.36. The molecule has 5 heteroatoms. The molecule has 0 amide bonds. The van der Waals surface area contributed by atoms with E-state index in [1.165, 1.54) is 0 Å². The van der Waals surface area contributed by atoms with E-state index in [9.17, 15) is 13.2 Å². The largest absolute Gasteiger partial charge is 0.508 e. The van der Waals surface area contributed by atoms with Crippen LogP contribution in [0.2, 0.25) is 0 Å². The Labute approximate surface area is 72.2 Å². The zero-order valence-electron chi connectivity index (χ0n) is 6.47. The molecule has 0 aliphatic rings. The highest BCUT2D eigenvalue weighted by Crippen LogP contribution is 2.32. The highest BCUT2D eigenvalue weighted by Gasteiger charge is 2.30. The van der Waals surface area contributed by atoms with Crippen molar-refractivity contribution in [2.24, 2.45) is 0 Å². The third-order valence-electron chi connectivity index (χ3n) is 1.58. The first-order chi connectivity index (χ1) is 5.95. The predicted molar refractivity (Wildman–Crippen MR) is 39.0 cm³/mol. The Kier molecular flexibility index (Phi) is 2.47. The average molecular weight is 192 g/mol. The van der Waals surface area contributed by atoms with Crippen molar-refractivity contribution in [3.8, 4) is 5.75 Å². The Morgan fingerprint density at radius 1 is 1.23 bits per heavy atom. The smallest absolute Gasteiger partial charge is 0.416 e. The molecule has 0 aromatic heterocycles. The summed E-state index contributed by atoms with van der Waals surface area (Å²) in [5.74, 6) is -0.544. The van der Waals surface area contributed by atoms with Gasteiger partial charge in [0.1, 0.15) is 5.75 Å². The standard InChI is InChI=1S/C8H7F3O2/c9-8(10,11)6-2-1-5(4-12)7(13)3-6/h1-3,12-13H,4H2. The van der Waals surface area contributed by atoms with Crippen LogP contribution in [0.15, 0.2) is 18.2 Å². The number of aliphatic hydroxyl groups excluding tert-OH is 1. The lowest BCUT2D eigenvalue weighted by Gasteiger charge is -2.08. The first-order valence-electron chi connectivity index (χ1n) is 3.45. The lowest BCUT2D eigenvalue weighted by molar-refractivity contribution is -0.137. The van der Waals surface area contributed by atoms with E-state index < -0.39 is 24.1 Å². The molecule has 1 rings (SSSR count). The number of alkyl halides is 3. The Morgan fingerprint density at radius 3 is 2.23 bits per heavy atom. The van der Waals surface area contributed by atoms with Gasteiger partial charge in [0.15, 0.2) is 0 Å². The maximum absolute atomic E-state index is 12.0. The number of rotatable bonds is 1. The zero-order valence-corrected chi connectivity index (χ0v) is 6.47. The molecule has 2 N–H and O–H groups in total. The second-order valence-corrected chi connectivity index (χ2v) is 2.50. The van der Waals surface area contributed by atoms with Crippen molar-refractivity contribution in [1.29, 1.82) is 0 Å². The first-order valence-corrected chi connectivity index (χ1v) is 3.45. The molecule has 0 bridgehead atoms. The van der Waals surface area contributed by atoms with Crippen molar-refractivity contribution in [3.05, 3.63) is 29.3 Å². The van der Waals surface area contributed by atoms with Crippen LogP contribution < -0.4 is 0 Å². The normalized spacial score (nSPS) is 11.7. The maximum Gasteiger partial charge on any atom is 0.416 e. The van der Waals surface area contributed by atoms with E-state index in [1.807, 2.05) is 0 Å². The molecule has 1 aromatic carbocycles. The highest BCUT2D eigenvalue weighted by atomic mass is 19.4. The summed E-state index contributed by atoms with van der Waals surface area (Å²) in [6, 6.07) is 2.44. The lowest BCUT2D eigenvalue weighted by atomic mass is 10.1. The van der Waals surface area contributed by atoms with Gasteiger partial charge >= 0.3 is 6.18 Å². The van der Waals surface area contributed by atoms with E-state index in [4.69, 9.17) is 10.2 Å². The van der Waals surface area contributed by atoms with Crippen LogP contribution in [0.5, 0.6) is 5.75 Å². The van der Waals surface area contributed by atoms with Crippen molar-refractivity contribution in [3.63, 3.8) is 0 Å². The van der Waals surface area contributed by atoms with Crippen LogP contribution >= 0.6 is 0 Å². The van der Waals surface area contributed by atoms with E-state index in [0.29, 0.717) is 6.07 Å². The molecule has 1 aromatic rings. The molecule has 0 radical (unpaired) electrons. The van der Waals surface area contributed by atoms with Gasteiger partial charge in [-0.1, -0.05) is 6.07 Å². The Balaban J connectivity index is 3.10. The van der Waals surface area contributed by atoms with Gasteiger partial charge in [-0.15, -0.1) is 0 Å². The van der Waals surface area contributed by atoms with Crippen molar-refractivity contribution >= 4 is 0 Å². The molecule has 72 valence electrons. The number of aliphatic hydroxyl groups is 1. The molecule has 0 unspecified atom stereocenters. The summed E-state index contributed by atoms with van der Waals surface area (Å²) in [5, 5.41) is 17.6. The Hall–Kier alpha value is -1.23. The van der Waals surface area contributed by atoms with Gasteiger partial charge in [-0.25, -0.2) is 0 Å². The van der Waals surface area contributed by atoms with Crippen molar-refractivity contribution in [2.75, 3.05) is 0 Å². The Morgan fingerprint density at radius 2 is 1.85 bits per heavy atom. The number of benzene rings is 1. The van der Waals surface area contributed by atoms with Gasteiger partial charge in [-0.2, -0.15) is 13.2 Å². The Bertz CT molecular complexity index is 307. The molecular weight excluding hydrogens is 185 g/mol. The zero-order chi connectivity index (χ0) is 10.1. The topological polar surface area (TPSA) is 40.5 Å². The average Bonchev–Trinajstić information content (AvgIpc) is 2.02. The van der Waals surface area contributed by atoms with Crippen LogP contribution in [0.4, 0.5) is 13.2 Å². The van der Waals surface area contributed by atoms with Crippen LogP contribution in [0.1, 0.15) is 11.1 Å². The van der Waals surface area contributed by atoms with E-state index in [1.54, 1.807) is 0 Å². The van der Waals surface area contributed by atoms with Crippen molar-refractivity contribution < 1.29 is 23.4 Å². The van der Waals surface area contributed by atoms with Crippen LogP contribution in [0.25, 0.3) is 0 Å². The van der Waals surface area contributed by atoms with Crippen LogP contribution in [-0.2, 0) is 12.8 Å². The van der Waals surface area contributed by atoms with Crippen molar-refractivity contribution in [2.45, 2.75) is 12.8 Å². The second-order valence-electron chi connectivity index (χ2n) is 2.50. The second kappa shape index (κ2) is 3.26. The summed E-state index contributed by atoms with van der Waals surface area (Å²) >= 11 is 0. The van der Waals surface area contributed by atoms with Crippen molar-refractivity contribution in [1.82, 2.24) is 0 Å². The van der Waals surface area contributed by atoms with Gasteiger partial charge in [0.05, 0.1) is 12.2 Å². The molecule has 0 saturated heterocycles. The summed E-state index contributed by atoms with van der Waals surface area (Å²) < 4.78 is 36.1. The fraction of sp³-hybridized carbons (Fsp3) is 0.250. The molecule has 0 spiro atoms. The lowest BCUT2D eigenvalue weighted by Crippen LogP contribution is -2.04. The van der Waals surface area contributed by atoms with E-state index in [2.05, 4.69) is 0 Å². The minimum atomic E-state index is -4.47. The number of halogens is 3. The summed E-state index contributed by atoms with van der Waals surface area (Å²) in [4.78, 5) is 0. The molecule has 0 atom stereocenters. The maximum atomic E-state index is 12.0. The van der Waals surface area contributed by atoms with Gasteiger partial charge in [-0.05, 0) is 12.1 Å². The number of aromatic hydroxyl groups is 1. The molecule has 0 aliphatic heterocycles. The fourth-order valence-electron chi connectivity index (χ4n) is 0.874. The summed E-state index contributed by atoms with van der Waals surface area (Å²) in [5.41, 5.74) is -0.852. The van der Waals surface area contributed by atoms with Gasteiger partial charge in [0.25, 0.3) is 0 Å². The number of hydrogen-bond acceptors (Lipinski definition) is 2. The van der Waals surface area contributed by atoms with Crippen LogP contribution in [-0.4, -0.2) is 10.2 Å². The third-order valence-corrected chi connectivity index (χ3v) is 1.58. The molecule has 0 aliphatic carbocycles. The van der Waals surface area contributed by atoms with Crippen LogP contribution in [0, 0.1) is 0 Å². The fourth-order valence-corrected chi connectivity index (χ4v) is 0.874. The SMILES string of the molecule is OCc1ccc(C(F)(F)F)cc1O. The minimum Gasteiger partial charge on any atom is -0.508 e. The summed E-state index contributed by atoms with van der Waals surface area (Å²) in [7, 11) is 0. The molecule has 0 fully saturated rings. The summed E-state index contributed by atoms with van der Waals surface area (Å²) in [6.45, 7) is -0.482. The first kappa shape index (κ1) is 9.85. The number of phenols is 1. The summed E-state index contributed by atoms with van der Waals surface area (Å²) in [6.07, 6.45) is -4.47. The quantitative estimate of drug-likeness (QED) is 0.713. The number of hydrogen-bond donors (Lipinski definition) is 2. The minimum absolute atomic E-state index is 0.0769. The molecule has 13 heavy (non-hydrogen) atoms. The van der Waals surface area contributed by atoms with E-state index in [0.717, 1.165) is 12.1 Å².